The number of ether oxygens (including phenoxy) is 1. The molecule has 0 radical (unpaired) electrons. The molecule has 2 unspecified atom stereocenters. The molecule has 1 N–H and O–H groups in total. The lowest BCUT2D eigenvalue weighted by Gasteiger charge is -2.38. The number of methoxy groups -OCH3 is 1. The second-order valence-corrected chi connectivity index (χ2v) is 5.38. The highest BCUT2D eigenvalue weighted by molar-refractivity contribution is 5.17. The molecule has 0 saturated carbocycles. The fourth-order valence-electron chi connectivity index (χ4n) is 2.62. The molecule has 1 aliphatic rings. The van der Waals surface area contributed by atoms with Crippen LogP contribution in [0.15, 0.2) is 18.3 Å². The van der Waals surface area contributed by atoms with E-state index in [1.807, 2.05) is 12.3 Å². The minimum Gasteiger partial charge on any atom is -0.481 e. The molecule has 2 atom stereocenters. The zero-order valence-electron chi connectivity index (χ0n) is 12.2. The third kappa shape index (κ3) is 3.91. The largest absolute Gasteiger partial charge is 0.481 e. The lowest BCUT2D eigenvalue weighted by molar-refractivity contribution is 0.129. The average molecular weight is 263 g/mol. The summed E-state index contributed by atoms with van der Waals surface area (Å²) in [7, 11) is 1.65. The van der Waals surface area contributed by atoms with E-state index in [1.54, 1.807) is 7.11 Å². The van der Waals surface area contributed by atoms with Crippen LogP contribution in [0, 0.1) is 0 Å². The van der Waals surface area contributed by atoms with Crippen molar-refractivity contribution in [1.29, 1.82) is 0 Å². The van der Waals surface area contributed by atoms with Gasteiger partial charge in [0.25, 0.3) is 0 Å². The van der Waals surface area contributed by atoms with E-state index in [9.17, 15) is 0 Å². The second-order valence-electron chi connectivity index (χ2n) is 5.38. The van der Waals surface area contributed by atoms with Crippen molar-refractivity contribution in [2.45, 2.75) is 45.3 Å². The van der Waals surface area contributed by atoms with Gasteiger partial charge in [-0.1, -0.05) is 19.4 Å². The van der Waals surface area contributed by atoms with E-state index in [0.29, 0.717) is 18.0 Å². The molecule has 0 aliphatic carbocycles. The van der Waals surface area contributed by atoms with Crippen molar-refractivity contribution >= 4 is 0 Å². The van der Waals surface area contributed by atoms with Gasteiger partial charge in [-0.15, -0.1) is 0 Å². The molecule has 0 aromatic carbocycles. The highest BCUT2D eigenvalue weighted by atomic mass is 16.5. The van der Waals surface area contributed by atoms with Crippen LogP contribution in [0.4, 0.5) is 0 Å². The molecule has 1 saturated heterocycles. The minimum absolute atomic E-state index is 0.579. The molecule has 4 heteroatoms. The van der Waals surface area contributed by atoms with Crippen LogP contribution >= 0.6 is 0 Å². The molecule has 0 amide bonds. The zero-order chi connectivity index (χ0) is 13.7. The first-order chi connectivity index (χ1) is 9.22. The number of hydrogen-bond acceptors (Lipinski definition) is 4. The minimum atomic E-state index is 0.579. The second kappa shape index (κ2) is 6.87. The van der Waals surface area contributed by atoms with Crippen molar-refractivity contribution in [2.75, 3.05) is 20.2 Å². The fraction of sp³-hybridized carbons (Fsp3) is 0.667. The smallest absolute Gasteiger partial charge is 0.212 e. The molecule has 0 bridgehead atoms. The molecule has 1 aromatic rings. The van der Waals surface area contributed by atoms with E-state index in [-0.39, 0.29) is 0 Å². The first kappa shape index (κ1) is 14.3. The summed E-state index contributed by atoms with van der Waals surface area (Å²) in [5.41, 5.74) is 1.25. The molecule has 1 fully saturated rings. The Morgan fingerprint density at radius 2 is 2.32 bits per heavy atom. The number of nitrogens with one attached hydrogen (secondary N) is 1. The molecular weight excluding hydrogens is 238 g/mol. The van der Waals surface area contributed by atoms with Crippen LogP contribution in [0.25, 0.3) is 0 Å². The van der Waals surface area contributed by atoms with Gasteiger partial charge in [0.2, 0.25) is 5.88 Å². The van der Waals surface area contributed by atoms with Crippen molar-refractivity contribution in [2.24, 2.45) is 0 Å². The van der Waals surface area contributed by atoms with E-state index >= 15 is 0 Å². The molecule has 1 aromatic heterocycles. The number of aromatic nitrogens is 1. The van der Waals surface area contributed by atoms with Gasteiger partial charge in [0.1, 0.15) is 0 Å². The summed E-state index contributed by atoms with van der Waals surface area (Å²) in [5.74, 6) is 0.681. The number of nitrogens with zero attached hydrogens (tertiary/aromatic N) is 2. The van der Waals surface area contributed by atoms with E-state index in [0.717, 1.165) is 19.6 Å². The summed E-state index contributed by atoms with van der Waals surface area (Å²) in [6.07, 6.45) is 4.41. The SMILES string of the molecule is CCCC1CN(Cc2ccc(OC)nc2)C(C)CN1. The van der Waals surface area contributed by atoms with E-state index < -0.39 is 0 Å². The van der Waals surface area contributed by atoms with Crippen LogP contribution in [0.3, 0.4) is 0 Å². The monoisotopic (exact) mass is 263 g/mol. The highest BCUT2D eigenvalue weighted by Crippen LogP contribution is 2.15. The Kier molecular flexibility index (Phi) is 5.16. The summed E-state index contributed by atoms with van der Waals surface area (Å²) in [6, 6.07) is 5.25. The predicted octanol–water partition coefficient (Wildman–Crippen LogP) is 2.05. The molecule has 1 aliphatic heterocycles. The maximum atomic E-state index is 5.09. The van der Waals surface area contributed by atoms with Gasteiger partial charge in [0, 0.05) is 44.0 Å². The van der Waals surface area contributed by atoms with Crippen LogP contribution in [0.5, 0.6) is 5.88 Å². The third-order valence-electron chi connectivity index (χ3n) is 3.81. The predicted molar refractivity (Wildman–Crippen MR) is 77.4 cm³/mol. The zero-order valence-corrected chi connectivity index (χ0v) is 12.2. The first-order valence-electron chi connectivity index (χ1n) is 7.19. The molecule has 19 heavy (non-hydrogen) atoms. The lowest BCUT2D eigenvalue weighted by atomic mass is 10.1. The van der Waals surface area contributed by atoms with E-state index in [1.165, 1.54) is 18.4 Å². The van der Waals surface area contributed by atoms with Gasteiger partial charge in [-0.3, -0.25) is 4.90 Å². The Bertz CT molecular complexity index is 379. The standard InChI is InChI=1S/C15H25N3O/c1-4-5-14-11-18(12(2)8-16-14)10-13-6-7-15(19-3)17-9-13/h6-7,9,12,14,16H,4-5,8,10-11H2,1-3H3. The van der Waals surface area contributed by atoms with Gasteiger partial charge in [-0.05, 0) is 18.9 Å². The Balaban J connectivity index is 1.95. The normalized spacial score (nSPS) is 24.4. The summed E-state index contributed by atoms with van der Waals surface area (Å²) in [5, 5.41) is 3.63. The Hall–Kier alpha value is -1.13. The Labute approximate surface area is 116 Å². The van der Waals surface area contributed by atoms with E-state index in [2.05, 4.69) is 35.1 Å². The number of piperazine rings is 1. The Morgan fingerprint density at radius 3 is 2.95 bits per heavy atom. The summed E-state index contributed by atoms with van der Waals surface area (Å²) in [6.45, 7) is 7.71. The lowest BCUT2D eigenvalue weighted by Crippen LogP contribution is -2.54. The van der Waals surface area contributed by atoms with Crippen LogP contribution in [0.2, 0.25) is 0 Å². The number of rotatable bonds is 5. The molecule has 0 spiro atoms. The summed E-state index contributed by atoms with van der Waals surface area (Å²) >= 11 is 0. The van der Waals surface area contributed by atoms with Crippen LogP contribution in [-0.2, 0) is 6.54 Å². The quantitative estimate of drug-likeness (QED) is 0.882. The average Bonchev–Trinajstić information content (AvgIpc) is 2.44. The maximum Gasteiger partial charge on any atom is 0.212 e. The first-order valence-corrected chi connectivity index (χ1v) is 7.19. The maximum absolute atomic E-state index is 5.09. The van der Waals surface area contributed by atoms with Gasteiger partial charge in [-0.2, -0.15) is 0 Å². The van der Waals surface area contributed by atoms with Gasteiger partial charge in [0.05, 0.1) is 7.11 Å². The Morgan fingerprint density at radius 1 is 1.47 bits per heavy atom. The van der Waals surface area contributed by atoms with Crippen LogP contribution in [-0.4, -0.2) is 42.2 Å². The summed E-state index contributed by atoms with van der Waals surface area (Å²) < 4.78 is 5.09. The molecular formula is C15H25N3O. The van der Waals surface area contributed by atoms with Crippen molar-refractivity contribution in [1.82, 2.24) is 15.2 Å². The van der Waals surface area contributed by atoms with Gasteiger partial charge in [0.15, 0.2) is 0 Å². The highest BCUT2D eigenvalue weighted by Gasteiger charge is 2.24. The molecule has 4 nitrogen and oxygen atoms in total. The van der Waals surface area contributed by atoms with Crippen molar-refractivity contribution in [3.05, 3.63) is 23.9 Å². The molecule has 106 valence electrons. The van der Waals surface area contributed by atoms with Crippen molar-refractivity contribution in [3.8, 4) is 5.88 Å². The van der Waals surface area contributed by atoms with Gasteiger partial charge >= 0.3 is 0 Å². The topological polar surface area (TPSA) is 37.4 Å². The van der Waals surface area contributed by atoms with Crippen molar-refractivity contribution in [3.63, 3.8) is 0 Å². The number of hydrogen-bond donors (Lipinski definition) is 1. The van der Waals surface area contributed by atoms with Crippen LogP contribution in [0.1, 0.15) is 32.3 Å². The molecule has 2 heterocycles. The molecule has 2 rings (SSSR count). The van der Waals surface area contributed by atoms with E-state index in [4.69, 9.17) is 4.74 Å². The van der Waals surface area contributed by atoms with Crippen LogP contribution < -0.4 is 10.1 Å². The third-order valence-corrected chi connectivity index (χ3v) is 3.81. The summed E-state index contributed by atoms with van der Waals surface area (Å²) in [4.78, 5) is 6.82. The number of pyridine rings is 1. The fourth-order valence-corrected chi connectivity index (χ4v) is 2.62. The van der Waals surface area contributed by atoms with Gasteiger partial charge < -0.3 is 10.1 Å². The van der Waals surface area contributed by atoms with Crippen molar-refractivity contribution < 1.29 is 4.74 Å². The van der Waals surface area contributed by atoms with Gasteiger partial charge in [-0.25, -0.2) is 4.98 Å².